The highest BCUT2D eigenvalue weighted by molar-refractivity contribution is 4.97. The van der Waals surface area contributed by atoms with Gasteiger partial charge >= 0.3 is 0 Å². The number of hydrogen-bond donors (Lipinski definition) is 0. The average Bonchev–Trinajstić information content (AvgIpc) is 2.68. The van der Waals surface area contributed by atoms with Gasteiger partial charge in [0.25, 0.3) is 0 Å². The second-order valence-electron chi connectivity index (χ2n) is 5.61. The molecule has 0 aromatic carbocycles. The van der Waals surface area contributed by atoms with Crippen molar-refractivity contribution in [3.8, 4) is 0 Å². The lowest BCUT2D eigenvalue weighted by molar-refractivity contribution is 0.125. The quantitative estimate of drug-likeness (QED) is 0.506. The van der Waals surface area contributed by atoms with Crippen molar-refractivity contribution in [3.63, 3.8) is 0 Å². The monoisotopic (exact) mass is 168 g/mol. The molecule has 1 saturated heterocycles. The summed E-state index contributed by atoms with van der Waals surface area (Å²) in [6.45, 7) is 8.14. The minimum Gasteiger partial charge on any atom is -0.370 e. The summed E-state index contributed by atoms with van der Waals surface area (Å²) < 4.78 is 5.50. The minimum atomic E-state index is 0.377. The van der Waals surface area contributed by atoms with Gasteiger partial charge in [-0.2, -0.15) is 0 Å². The van der Waals surface area contributed by atoms with Crippen LogP contribution in [0.2, 0.25) is 0 Å². The summed E-state index contributed by atoms with van der Waals surface area (Å²) >= 11 is 0. The van der Waals surface area contributed by atoms with Crippen molar-refractivity contribution in [2.45, 2.75) is 52.1 Å². The van der Waals surface area contributed by atoms with Crippen LogP contribution in [0.15, 0.2) is 0 Å². The van der Waals surface area contributed by atoms with Crippen molar-refractivity contribution in [2.75, 3.05) is 6.61 Å². The van der Waals surface area contributed by atoms with E-state index in [-0.39, 0.29) is 0 Å². The summed E-state index contributed by atoms with van der Waals surface area (Å²) in [5, 5.41) is 0. The van der Waals surface area contributed by atoms with E-state index in [4.69, 9.17) is 4.74 Å². The fraction of sp³-hybridized carbons (Fsp3) is 1.00. The van der Waals surface area contributed by atoms with Crippen LogP contribution in [-0.4, -0.2) is 12.2 Å². The van der Waals surface area contributed by atoms with E-state index in [0.29, 0.717) is 11.0 Å². The molecule has 0 amide bonds. The van der Waals surface area contributed by atoms with Gasteiger partial charge in [-0.25, -0.2) is 0 Å². The van der Waals surface area contributed by atoms with Gasteiger partial charge in [-0.15, -0.1) is 0 Å². The normalized spacial score (nSPS) is 41.8. The van der Waals surface area contributed by atoms with Crippen molar-refractivity contribution in [3.05, 3.63) is 0 Å². The zero-order valence-electron chi connectivity index (χ0n) is 8.52. The molecule has 0 radical (unpaired) electrons. The van der Waals surface area contributed by atoms with E-state index in [0.717, 1.165) is 12.5 Å². The van der Waals surface area contributed by atoms with Crippen LogP contribution in [-0.2, 0) is 4.74 Å². The van der Waals surface area contributed by atoms with Gasteiger partial charge in [0.1, 0.15) is 0 Å². The second kappa shape index (κ2) is 2.47. The Labute approximate surface area is 75.5 Å². The van der Waals surface area contributed by atoms with Crippen LogP contribution < -0.4 is 0 Å². The maximum atomic E-state index is 5.50. The highest BCUT2D eigenvalue weighted by atomic mass is 16.6. The number of ether oxygens (including phenoxy) is 1. The summed E-state index contributed by atoms with van der Waals surface area (Å²) in [6, 6.07) is 0. The van der Waals surface area contributed by atoms with Crippen molar-refractivity contribution in [1.82, 2.24) is 0 Å². The molecule has 12 heavy (non-hydrogen) atoms. The zero-order valence-corrected chi connectivity index (χ0v) is 8.52. The molecular formula is C11H20O. The predicted molar refractivity (Wildman–Crippen MR) is 50.1 cm³/mol. The van der Waals surface area contributed by atoms with E-state index >= 15 is 0 Å². The Morgan fingerprint density at radius 2 is 1.67 bits per heavy atom. The van der Waals surface area contributed by atoms with Crippen molar-refractivity contribution >= 4 is 0 Å². The Hall–Kier alpha value is -0.0400. The topological polar surface area (TPSA) is 12.5 Å². The number of hydrogen-bond acceptors (Lipinski definition) is 1. The third-order valence-corrected chi connectivity index (χ3v) is 3.67. The first kappa shape index (κ1) is 8.55. The Bertz CT molecular complexity index is 164. The van der Waals surface area contributed by atoms with Crippen molar-refractivity contribution in [1.29, 1.82) is 0 Å². The van der Waals surface area contributed by atoms with Crippen molar-refractivity contribution < 1.29 is 4.74 Å². The fourth-order valence-electron chi connectivity index (χ4n) is 2.40. The Kier molecular flexibility index (Phi) is 1.76. The molecule has 1 heteroatoms. The number of epoxide rings is 1. The van der Waals surface area contributed by atoms with Gasteiger partial charge in [0, 0.05) is 0 Å². The molecule has 70 valence electrons. The maximum Gasteiger partial charge on any atom is 0.0916 e. The molecule has 1 aliphatic heterocycles. The Balaban J connectivity index is 1.90. The first-order chi connectivity index (χ1) is 5.52. The van der Waals surface area contributed by atoms with Crippen LogP contribution in [0.3, 0.4) is 0 Å². The van der Waals surface area contributed by atoms with Crippen LogP contribution in [0, 0.1) is 11.3 Å². The lowest BCUT2D eigenvalue weighted by atomic mass is 9.70. The molecule has 0 aromatic heterocycles. The van der Waals surface area contributed by atoms with E-state index in [1.165, 1.54) is 25.7 Å². The first-order valence-electron chi connectivity index (χ1n) is 5.16. The molecule has 0 N–H and O–H groups in total. The third kappa shape index (κ3) is 1.52. The Morgan fingerprint density at radius 1 is 1.17 bits per heavy atom. The Morgan fingerprint density at radius 3 is 2.00 bits per heavy atom. The summed E-state index contributed by atoms with van der Waals surface area (Å²) in [4.78, 5) is 0. The van der Waals surface area contributed by atoms with Crippen LogP contribution in [0.4, 0.5) is 0 Å². The van der Waals surface area contributed by atoms with Gasteiger partial charge in [0.15, 0.2) is 0 Å². The van der Waals surface area contributed by atoms with E-state index < -0.39 is 0 Å². The van der Waals surface area contributed by atoms with Gasteiger partial charge in [0.2, 0.25) is 0 Å². The van der Waals surface area contributed by atoms with E-state index in [9.17, 15) is 0 Å². The summed E-state index contributed by atoms with van der Waals surface area (Å²) in [7, 11) is 0. The third-order valence-electron chi connectivity index (χ3n) is 3.67. The first-order valence-corrected chi connectivity index (χ1v) is 5.16. The smallest absolute Gasteiger partial charge is 0.0916 e. The lowest BCUT2D eigenvalue weighted by Crippen LogP contribution is -2.29. The summed E-state index contributed by atoms with van der Waals surface area (Å²) in [5.41, 5.74) is 0.887. The maximum absolute atomic E-state index is 5.50. The zero-order chi connectivity index (χ0) is 8.82. The van der Waals surface area contributed by atoms with Crippen molar-refractivity contribution in [2.24, 2.45) is 11.3 Å². The molecular weight excluding hydrogens is 148 g/mol. The largest absolute Gasteiger partial charge is 0.370 e. The van der Waals surface area contributed by atoms with Gasteiger partial charge in [0.05, 0.1) is 12.2 Å². The molecule has 2 rings (SSSR count). The molecule has 1 nitrogen and oxygen atoms in total. The highest BCUT2D eigenvalue weighted by Crippen LogP contribution is 2.47. The van der Waals surface area contributed by atoms with Crippen LogP contribution >= 0.6 is 0 Å². The van der Waals surface area contributed by atoms with Crippen LogP contribution in [0.25, 0.3) is 0 Å². The summed E-state index contributed by atoms with van der Waals surface area (Å²) in [5.74, 6) is 0.923. The molecule has 2 aliphatic rings. The van der Waals surface area contributed by atoms with Gasteiger partial charge in [-0.05, 0) is 37.0 Å². The van der Waals surface area contributed by atoms with E-state index in [2.05, 4.69) is 20.8 Å². The van der Waals surface area contributed by atoms with Gasteiger partial charge in [-0.3, -0.25) is 0 Å². The standard InChI is InChI=1S/C11H20O/c1-10(2,3)9-4-6-11(7-5-9)8-12-11/h9H,4-8H2,1-3H3. The lowest BCUT2D eigenvalue weighted by Gasteiger charge is -2.35. The highest BCUT2D eigenvalue weighted by Gasteiger charge is 2.48. The predicted octanol–water partition coefficient (Wildman–Crippen LogP) is 2.99. The molecule has 1 spiro atoms. The fourth-order valence-corrected chi connectivity index (χ4v) is 2.40. The molecule has 1 aliphatic carbocycles. The molecule has 1 heterocycles. The molecule has 0 unspecified atom stereocenters. The average molecular weight is 168 g/mol. The van der Waals surface area contributed by atoms with Gasteiger partial charge < -0.3 is 4.74 Å². The van der Waals surface area contributed by atoms with Crippen LogP contribution in [0.5, 0.6) is 0 Å². The minimum absolute atomic E-state index is 0.377. The molecule has 0 atom stereocenters. The van der Waals surface area contributed by atoms with Gasteiger partial charge in [-0.1, -0.05) is 20.8 Å². The molecule has 1 saturated carbocycles. The second-order valence-corrected chi connectivity index (χ2v) is 5.61. The van der Waals surface area contributed by atoms with E-state index in [1.807, 2.05) is 0 Å². The number of rotatable bonds is 0. The summed E-state index contributed by atoms with van der Waals surface area (Å²) in [6.07, 6.45) is 5.39. The van der Waals surface area contributed by atoms with Crippen LogP contribution in [0.1, 0.15) is 46.5 Å². The molecule has 0 aromatic rings. The molecule has 2 fully saturated rings. The molecule has 0 bridgehead atoms. The SMILES string of the molecule is CC(C)(C)C1CCC2(CC1)CO2. The van der Waals surface area contributed by atoms with E-state index in [1.54, 1.807) is 0 Å².